The second kappa shape index (κ2) is 11.0. The summed E-state index contributed by atoms with van der Waals surface area (Å²) in [6.45, 7) is 7.22. The van der Waals surface area contributed by atoms with E-state index >= 15 is 0 Å². The van der Waals surface area contributed by atoms with Crippen molar-refractivity contribution in [3.63, 3.8) is 0 Å². The van der Waals surface area contributed by atoms with Crippen molar-refractivity contribution in [2.24, 2.45) is 5.73 Å². The van der Waals surface area contributed by atoms with Gasteiger partial charge >= 0.3 is 0 Å². The van der Waals surface area contributed by atoms with E-state index in [-0.39, 0.29) is 11.8 Å². The third-order valence-electron chi connectivity index (χ3n) is 6.40. The number of amides is 2. The van der Waals surface area contributed by atoms with Crippen LogP contribution in [0.2, 0.25) is 0 Å². The van der Waals surface area contributed by atoms with Gasteiger partial charge in [0, 0.05) is 69.0 Å². The number of pyridine rings is 1. The molecule has 1 saturated heterocycles. The van der Waals surface area contributed by atoms with Crippen molar-refractivity contribution in [1.29, 1.82) is 0 Å². The molecule has 1 aliphatic heterocycles. The molecule has 0 spiro atoms. The van der Waals surface area contributed by atoms with E-state index in [1.165, 1.54) is 6.33 Å². The van der Waals surface area contributed by atoms with Gasteiger partial charge in [0.15, 0.2) is 0 Å². The van der Waals surface area contributed by atoms with Crippen LogP contribution in [0.25, 0.3) is 11.3 Å². The van der Waals surface area contributed by atoms with Crippen molar-refractivity contribution in [2.45, 2.75) is 19.8 Å². The van der Waals surface area contributed by atoms with Crippen molar-refractivity contribution in [3.8, 4) is 17.0 Å². The SMILES string of the molecule is COc1cc(C(N)=O)ccc1C(C)CNc1cc(-c2ccc(N3CCN(C(C)=O)CC3)nc2)ncn1. The second-order valence-corrected chi connectivity index (χ2v) is 8.79. The van der Waals surface area contributed by atoms with E-state index in [1.54, 1.807) is 26.2 Å². The average molecular weight is 490 g/mol. The van der Waals surface area contributed by atoms with Gasteiger partial charge in [-0.15, -0.1) is 0 Å². The number of piperazine rings is 1. The summed E-state index contributed by atoms with van der Waals surface area (Å²) in [5, 5.41) is 3.36. The van der Waals surface area contributed by atoms with Crippen LogP contribution in [0.4, 0.5) is 11.6 Å². The third kappa shape index (κ3) is 5.70. The molecule has 1 aliphatic rings. The lowest BCUT2D eigenvalue weighted by Gasteiger charge is -2.34. The van der Waals surface area contributed by atoms with Crippen LogP contribution in [0.15, 0.2) is 48.9 Å². The quantitative estimate of drug-likeness (QED) is 0.494. The molecule has 0 bridgehead atoms. The molecule has 0 saturated carbocycles. The fraction of sp³-hybridized carbons (Fsp3) is 0.346. The van der Waals surface area contributed by atoms with Crippen LogP contribution in [0.1, 0.15) is 35.7 Å². The first-order valence-electron chi connectivity index (χ1n) is 11.9. The Hall–Kier alpha value is -4.21. The summed E-state index contributed by atoms with van der Waals surface area (Å²) in [6, 6.07) is 11.1. The average Bonchev–Trinajstić information content (AvgIpc) is 2.91. The molecule has 36 heavy (non-hydrogen) atoms. The van der Waals surface area contributed by atoms with E-state index in [0.29, 0.717) is 36.8 Å². The highest BCUT2D eigenvalue weighted by Crippen LogP contribution is 2.28. The normalized spacial score (nSPS) is 14.3. The van der Waals surface area contributed by atoms with Crippen LogP contribution >= 0.6 is 0 Å². The number of ether oxygens (including phenoxy) is 1. The summed E-state index contributed by atoms with van der Waals surface area (Å²) in [6.07, 6.45) is 3.34. The smallest absolute Gasteiger partial charge is 0.248 e. The molecule has 2 amide bonds. The summed E-state index contributed by atoms with van der Waals surface area (Å²) in [4.78, 5) is 40.4. The number of hydrogen-bond donors (Lipinski definition) is 2. The molecule has 188 valence electrons. The first-order valence-corrected chi connectivity index (χ1v) is 11.9. The van der Waals surface area contributed by atoms with E-state index in [2.05, 4.69) is 32.1 Å². The Morgan fingerprint density at radius 2 is 1.86 bits per heavy atom. The minimum Gasteiger partial charge on any atom is -0.496 e. The van der Waals surface area contributed by atoms with Gasteiger partial charge in [-0.05, 0) is 29.8 Å². The van der Waals surface area contributed by atoms with Gasteiger partial charge in [0.1, 0.15) is 23.7 Å². The first kappa shape index (κ1) is 24.9. The van der Waals surface area contributed by atoms with E-state index in [4.69, 9.17) is 10.5 Å². The Morgan fingerprint density at radius 1 is 1.08 bits per heavy atom. The molecule has 3 N–H and O–H groups in total. The molecule has 3 aromatic rings. The molecule has 1 aromatic carbocycles. The molecule has 0 aliphatic carbocycles. The van der Waals surface area contributed by atoms with Crippen molar-refractivity contribution in [2.75, 3.05) is 50.1 Å². The molecule has 1 fully saturated rings. The Morgan fingerprint density at radius 3 is 2.50 bits per heavy atom. The van der Waals surface area contributed by atoms with Crippen molar-refractivity contribution in [3.05, 3.63) is 60.0 Å². The maximum Gasteiger partial charge on any atom is 0.248 e. The van der Waals surface area contributed by atoms with Gasteiger partial charge in [0.05, 0.1) is 12.8 Å². The zero-order chi connectivity index (χ0) is 25.7. The predicted octanol–water partition coefficient (Wildman–Crippen LogP) is 2.53. The van der Waals surface area contributed by atoms with Gasteiger partial charge in [-0.3, -0.25) is 9.59 Å². The van der Waals surface area contributed by atoms with Crippen LogP contribution < -0.4 is 20.7 Å². The molecule has 2 aromatic heterocycles. The number of primary amides is 1. The van der Waals surface area contributed by atoms with Gasteiger partial charge in [-0.25, -0.2) is 15.0 Å². The van der Waals surface area contributed by atoms with Gasteiger partial charge in [-0.2, -0.15) is 0 Å². The number of benzene rings is 1. The number of aromatic nitrogens is 3. The molecule has 10 nitrogen and oxygen atoms in total. The summed E-state index contributed by atoms with van der Waals surface area (Å²) < 4.78 is 5.47. The van der Waals surface area contributed by atoms with E-state index in [1.807, 2.05) is 35.4 Å². The van der Waals surface area contributed by atoms with E-state index in [9.17, 15) is 9.59 Å². The van der Waals surface area contributed by atoms with Crippen LogP contribution in [-0.2, 0) is 4.79 Å². The van der Waals surface area contributed by atoms with E-state index in [0.717, 1.165) is 35.7 Å². The van der Waals surface area contributed by atoms with Crippen LogP contribution in [0, 0.1) is 0 Å². The van der Waals surface area contributed by atoms with Gasteiger partial charge in [0.25, 0.3) is 0 Å². The largest absolute Gasteiger partial charge is 0.496 e. The topological polar surface area (TPSA) is 127 Å². The molecule has 1 atom stereocenters. The fourth-order valence-corrected chi connectivity index (χ4v) is 4.23. The number of nitrogens with zero attached hydrogens (tertiary/aromatic N) is 5. The number of nitrogens with one attached hydrogen (secondary N) is 1. The molecule has 3 heterocycles. The molecular formula is C26H31N7O3. The maximum absolute atomic E-state index is 11.5. The second-order valence-electron chi connectivity index (χ2n) is 8.79. The number of methoxy groups -OCH3 is 1. The highest BCUT2D eigenvalue weighted by atomic mass is 16.5. The number of carbonyl (C=O) groups is 2. The van der Waals surface area contributed by atoms with Crippen LogP contribution in [0.5, 0.6) is 5.75 Å². The number of nitrogens with two attached hydrogens (primary N) is 1. The first-order chi connectivity index (χ1) is 17.4. The maximum atomic E-state index is 11.5. The minimum absolute atomic E-state index is 0.0877. The predicted molar refractivity (Wildman–Crippen MR) is 138 cm³/mol. The number of hydrogen-bond acceptors (Lipinski definition) is 8. The van der Waals surface area contributed by atoms with Crippen LogP contribution in [0.3, 0.4) is 0 Å². The fourth-order valence-electron chi connectivity index (χ4n) is 4.23. The van der Waals surface area contributed by atoms with Gasteiger partial charge in [0.2, 0.25) is 11.8 Å². The molecular weight excluding hydrogens is 458 g/mol. The lowest BCUT2D eigenvalue weighted by atomic mass is 9.98. The zero-order valence-corrected chi connectivity index (χ0v) is 20.8. The number of rotatable bonds is 8. The standard InChI is InChI=1S/C26H31N7O3/c1-17(21-6-4-19(26(27)35)12-23(21)36-3)14-28-24-13-22(30-16-31-24)20-5-7-25(29-15-20)33-10-8-32(9-11-33)18(2)34/h4-7,12-13,15-17H,8-11,14H2,1-3H3,(H2,27,35)(H,28,30,31). The summed E-state index contributed by atoms with van der Waals surface area (Å²) in [5.41, 5.74) is 8.42. The lowest BCUT2D eigenvalue weighted by molar-refractivity contribution is -0.129. The molecule has 1 unspecified atom stereocenters. The molecule has 4 rings (SSSR count). The summed E-state index contributed by atoms with van der Waals surface area (Å²) >= 11 is 0. The molecule has 0 radical (unpaired) electrons. The monoisotopic (exact) mass is 489 g/mol. The summed E-state index contributed by atoms with van der Waals surface area (Å²) in [7, 11) is 1.58. The third-order valence-corrected chi connectivity index (χ3v) is 6.40. The number of anilines is 2. The Balaban J connectivity index is 1.39. The van der Waals surface area contributed by atoms with Crippen molar-refractivity contribution >= 4 is 23.5 Å². The highest BCUT2D eigenvalue weighted by Gasteiger charge is 2.19. The zero-order valence-electron chi connectivity index (χ0n) is 20.8. The lowest BCUT2D eigenvalue weighted by Crippen LogP contribution is -2.48. The Labute approximate surface area is 210 Å². The van der Waals surface area contributed by atoms with Gasteiger partial charge in [-0.1, -0.05) is 13.0 Å². The van der Waals surface area contributed by atoms with Crippen LogP contribution in [-0.4, -0.2) is 71.5 Å². The number of carbonyl (C=O) groups excluding carboxylic acids is 2. The summed E-state index contributed by atoms with van der Waals surface area (Å²) in [5.74, 6) is 1.92. The van der Waals surface area contributed by atoms with Crippen molar-refractivity contribution in [1.82, 2.24) is 19.9 Å². The van der Waals surface area contributed by atoms with E-state index < -0.39 is 5.91 Å². The Bertz CT molecular complexity index is 1220. The minimum atomic E-state index is -0.489. The van der Waals surface area contributed by atoms with Crippen molar-refractivity contribution < 1.29 is 14.3 Å². The molecule has 10 heteroatoms. The Kier molecular flexibility index (Phi) is 7.62. The highest BCUT2D eigenvalue weighted by molar-refractivity contribution is 5.93. The van der Waals surface area contributed by atoms with Gasteiger partial charge < -0.3 is 25.6 Å².